The first-order valence-electron chi connectivity index (χ1n) is 6.30. The van der Waals surface area contributed by atoms with E-state index < -0.39 is 17.0 Å². The van der Waals surface area contributed by atoms with Gasteiger partial charge in [-0.25, -0.2) is 0 Å². The maximum atomic E-state index is 10.8. The SMILES string of the molecule is CC1=CC(O)=CC(C)(C)[C@@]1(O)/C=C/[C@@H](C)CC(=O)[O-]. The Hall–Kier alpha value is -1.55. The minimum Gasteiger partial charge on any atom is -0.550 e. The topological polar surface area (TPSA) is 80.6 Å². The monoisotopic (exact) mass is 265 g/mol. The number of allylic oxidation sites excluding steroid dienone is 2. The number of carboxylic acids is 1. The van der Waals surface area contributed by atoms with E-state index in [2.05, 4.69) is 0 Å². The van der Waals surface area contributed by atoms with Crippen molar-refractivity contribution in [3.63, 3.8) is 0 Å². The van der Waals surface area contributed by atoms with Gasteiger partial charge in [-0.2, -0.15) is 0 Å². The number of aliphatic hydroxyl groups excluding tert-OH is 1. The molecule has 0 radical (unpaired) electrons. The Balaban J connectivity index is 3.00. The van der Waals surface area contributed by atoms with Gasteiger partial charge in [0.1, 0.15) is 11.4 Å². The minimum atomic E-state index is -1.24. The lowest BCUT2D eigenvalue weighted by molar-refractivity contribution is -0.306. The van der Waals surface area contributed by atoms with Crippen LogP contribution >= 0.6 is 0 Å². The highest BCUT2D eigenvalue weighted by molar-refractivity contribution is 5.64. The Morgan fingerprint density at radius 3 is 2.58 bits per heavy atom. The zero-order valence-electron chi connectivity index (χ0n) is 11.8. The first-order chi connectivity index (χ1) is 8.58. The van der Waals surface area contributed by atoms with E-state index in [0.717, 1.165) is 0 Å². The van der Waals surface area contributed by atoms with Gasteiger partial charge in [0.15, 0.2) is 0 Å². The number of hydrogen-bond acceptors (Lipinski definition) is 4. The van der Waals surface area contributed by atoms with Gasteiger partial charge in [-0.15, -0.1) is 0 Å². The zero-order valence-corrected chi connectivity index (χ0v) is 11.8. The highest BCUT2D eigenvalue weighted by atomic mass is 16.4. The molecule has 0 saturated carbocycles. The Kier molecular flexibility index (Phi) is 4.25. The van der Waals surface area contributed by atoms with E-state index in [1.165, 1.54) is 6.08 Å². The third kappa shape index (κ3) is 3.26. The van der Waals surface area contributed by atoms with Gasteiger partial charge >= 0.3 is 0 Å². The first kappa shape index (κ1) is 15.5. The molecule has 1 aliphatic rings. The van der Waals surface area contributed by atoms with E-state index in [1.807, 2.05) is 13.8 Å². The van der Waals surface area contributed by atoms with Crippen LogP contribution in [0.3, 0.4) is 0 Å². The molecule has 0 heterocycles. The predicted octanol–water partition coefficient (Wildman–Crippen LogP) is 1.48. The summed E-state index contributed by atoms with van der Waals surface area (Å²) < 4.78 is 0. The number of carbonyl (C=O) groups excluding carboxylic acids is 1. The molecule has 4 heteroatoms. The van der Waals surface area contributed by atoms with Gasteiger partial charge in [0.2, 0.25) is 0 Å². The Labute approximate surface area is 113 Å². The second-order valence-electron chi connectivity index (χ2n) is 5.80. The molecule has 106 valence electrons. The van der Waals surface area contributed by atoms with Crippen LogP contribution in [0.2, 0.25) is 0 Å². The average Bonchev–Trinajstić information content (AvgIpc) is 2.21. The van der Waals surface area contributed by atoms with Crippen molar-refractivity contribution in [3.05, 3.63) is 35.6 Å². The summed E-state index contributed by atoms with van der Waals surface area (Å²) in [5.41, 5.74) is -1.29. The zero-order chi connectivity index (χ0) is 14.8. The van der Waals surface area contributed by atoms with Crippen LogP contribution in [0.4, 0.5) is 0 Å². The summed E-state index contributed by atoms with van der Waals surface area (Å²) in [5.74, 6) is -1.21. The van der Waals surface area contributed by atoms with E-state index in [4.69, 9.17) is 0 Å². The fourth-order valence-corrected chi connectivity index (χ4v) is 2.34. The smallest absolute Gasteiger partial charge is 0.113 e. The Bertz CT molecular complexity index is 457. The van der Waals surface area contributed by atoms with E-state index in [0.29, 0.717) is 5.57 Å². The second-order valence-corrected chi connectivity index (χ2v) is 5.80. The summed E-state index contributed by atoms with van der Waals surface area (Å²) in [5, 5.41) is 30.9. The summed E-state index contributed by atoms with van der Waals surface area (Å²) >= 11 is 0. The Morgan fingerprint density at radius 1 is 1.53 bits per heavy atom. The van der Waals surface area contributed by atoms with Crippen LogP contribution in [0.5, 0.6) is 0 Å². The van der Waals surface area contributed by atoms with Crippen molar-refractivity contribution in [1.29, 1.82) is 0 Å². The van der Waals surface area contributed by atoms with E-state index in [-0.39, 0.29) is 18.1 Å². The predicted molar refractivity (Wildman–Crippen MR) is 71.1 cm³/mol. The van der Waals surface area contributed by atoms with Crippen LogP contribution < -0.4 is 5.11 Å². The molecule has 0 aliphatic heterocycles. The molecule has 4 nitrogen and oxygen atoms in total. The molecule has 2 N–H and O–H groups in total. The quantitative estimate of drug-likeness (QED) is 0.754. The van der Waals surface area contributed by atoms with Crippen molar-refractivity contribution >= 4 is 5.97 Å². The van der Waals surface area contributed by atoms with Crippen LogP contribution in [-0.4, -0.2) is 21.8 Å². The van der Waals surface area contributed by atoms with Gasteiger partial charge in [-0.3, -0.25) is 0 Å². The highest BCUT2D eigenvalue weighted by Gasteiger charge is 2.43. The fraction of sp³-hybridized carbons (Fsp3) is 0.533. The fourth-order valence-electron chi connectivity index (χ4n) is 2.34. The van der Waals surface area contributed by atoms with Gasteiger partial charge in [-0.05, 0) is 37.0 Å². The lowest BCUT2D eigenvalue weighted by atomic mass is 9.67. The molecule has 0 saturated heterocycles. The highest BCUT2D eigenvalue weighted by Crippen LogP contribution is 2.43. The summed E-state index contributed by atoms with van der Waals surface area (Å²) in [6, 6.07) is 0. The van der Waals surface area contributed by atoms with Crippen molar-refractivity contribution in [2.24, 2.45) is 11.3 Å². The number of aliphatic carboxylic acids is 1. The third-order valence-corrected chi connectivity index (χ3v) is 3.61. The van der Waals surface area contributed by atoms with Gasteiger partial charge in [0.25, 0.3) is 0 Å². The van der Waals surface area contributed by atoms with Crippen LogP contribution in [0.15, 0.2) is 35.6 Å². The maximum absolute atomic E-state index is 10.8. The molecular formula is C15H21O4-. The summed E-state index contributed by atoms with van der Waals surface area (Å²) in [4.78, 5) is 10.5. The lowest BCUT2D eigenvalue weighted by Crippen LogP contribution is -2.44. The van der Waals surface area contributed by atoms with E-state index >= 15 is 0 Å². The molecule has 2 atom stereocenters. The minimum absolute atomic E-state index is 0.0864. The molecule has 0 spiro atoms. The van der Waals surface area contributed by atoms with Crippen LogP contribution in [-0.2, 0) is 4.79 Å². The maximum Gasteiger partial charge on any atom is 0.113 e. The number of carboxylic acid groups (broad SMARTS) is 1. The molecule has 0 aromatic heterocycles. The lowest BCUT2D eigenvalue weighted by Gasteiger charge is -2.42. The van der Waals surface area contributed by atoms with Gasteiger partial charge < -0.3 is 20.1 Å². The Morgan fingerprint density at radius 2 is 2.11 bits per heavy atom. The molecule has 0 fully saturated rings. The van der Waals surface area contributed by atoms with Crippen LogP contribution in [0.1, 0.15) is 34.1 Å². The molecule has 0 aromatic rings. The van der Waals surface area contributed by atoms with Crippen molar-refractivity contribution in [2.75, 3.05) is 0 Å². The standard InChI is InChI=1S/C15H22O4/c1-10(7-13(17)18)5-6-15(19)11(2)8-12(16)9-14(15,3)4/h5-6,8-10,16,19H,7H2,1-4H3,(H,17,18)/p-1/b6-5+/t10-,15-/m1/s1. The van der Waals surface area contributed by atoms with Crippen molar-refractivity contribution < 1.29 is 20.1 Å². The van der Waals surface area contributed by atoms with Gasteiger partial charge in [0, 0.05) is 11.4 Å². The molecule has 19 heavy (non-hydrogen) atoms. The van der Waals surface area contributed by atoms with Gasteiger partial charge in [-0.1, -0.05) is 32.9 Å². The number of hydrogen-bond donors (Lipinski definition) is 2. The summed E-state index contributed by atoms with van der Waals surface area (Å²) in [6.07, 6.45) is 6.30. The van der Waals surface area contributed by atoms with E-state index in [9.17, 15) is 20.1 Å². The summed E-state index contributed by atoms with van der Waals surface area (Å²) in [6.45, 7) is 7.11. The van der Waals surface area contributed by atoms with Gasteiger partial charge in [0.05, 0.1) is 0 Å². The molecule has 0 aromatic carbocycles. The van der Waals surface area contributed by atoms with Crippen LogP contribution in [0.25, 0.3) is 0 Å². The molecule has 1 aliphatic carbocycles. The number of rotatable bonds is 4. The molecule has 0 amide bonds. The first-order valence-corrected chi connectivity index (χ1v) is 6.30. The third-order valence-electron chi connectivity index (χ3n) is 3.61. The number of aliphatic hydroxyl groups is 2. The number of carbonyl (C=O) groups is 1. The van der Waals surface area contributed by atoms with Crippen molar-refractivity contribution in [1.82, 2.24) is 0 Å². The second kappa shape index (κ2) is 5.21. The van der Waals surface area contributed by atoms with E-state index in [1.54, 1.807) is 32.1 Å². The van der Waals surface area contributed by atoms with Crippen molar-refractivity contribution in [3.8, 4) is 0 Å². The van der Waals surface area contributed by atoms with Crippen molar-refractivity contribution in [2.45, 2.75) is 39.7 Å². The van der Waals surface area contributed by atoms with Crippen LogP contribution in [0, 0.1) is 11.3 Å². The molecular weight excluding hydrogens is 244 g/mol. The summed E-state index contributed by atoms with van der Waals surface area (Å²) in [7, 11) is 0. The molecule has 0 unspecified atom stereocenters. The normalized spacial score (nSPS) is 27.8. The molecule has 0 bridgehead atoms. The average molecular weight is 265 g/mol. The largest absolute Gasteiger partial charge is 0.550 e. The molecule has 1 rings (SSSR count).